The number of nitrogens with one attached hydrogen (secondary N) is 1. The van der Waals surface area contributed by atoms with E-state index in [1.165, 1.54) is 0 Å². The highest BCUT2D eigenvalue weighted by atomic mass is 32.2. The molecule has 1 aliphatic heterocycles. The summed E-state index contributed by atoms with van der Waals surface area (Å²) >= 11 is 1.77. The van der Waals surface area contributed by atoms with Crippen LogP contribution in [-0.2, 0) is 11.3 Å². The lowest BCUT2D eigenvalue weighted by Crippen LogP contribution is -2.48. The Morgan fingerprint density at radius 2 is 2.10 bits per heavy atom. The first-order valence-corrected chi connectivity index (χ1v) is 7.89. The zero-order chi connectivity index (χ0) is 14.0. The molecule has 4 nitrogen and oxygen atoms in total. The molecular formula is C15H17NO3S. The quantitative estimate of drug-likeness (QED) is 0.911. The lowest BCUT2D eigenvalue weighted by atomic mass is 9.96. The van der Waals surface area contributed by atoms with Crippen molar-refractivity contribution in [2.75, 3.05) is 11.5 Å². The van der Waals surface area contributed by atoms with Gasteiger partial charge in [-0.2, -0.15) is 11.8 Å². The molecule has 0 saturated carbocycles. The van der Waals surface area contributed by atoms with Crippen LogP contribution in [0.25, 0.3) is 11.0 Å². The van der Waals surface area contributed by atoms with Crippen molar-refractivity contribution in [3.05, 3.63) is 36.1 Å². The second-order valence-corrected chi connectivity index (χ2v) is 6.30. The van der Waals surface area contributed by atoms with Gasteiger partial charge in [-0.1, -0.05) is 18.2 Å². The Hall–Kier alpha value is -1.46. The van der Waals surface area contributed by atoms with E-state index in [0.29, 0.717) is 25.1 Å². The van der Waals surface area contributed by atoms with Crippen LogP contribution in [0.5, 0.6) is 0 Å². The second-order valence-electron chi connectivity index (χ2n) is 5.08. The zero-order valence-corrected chi connectivity index (χ0v) is 11.9. The van der Waals surface area contributed by atoms with Crippen LogP contribution in [0.15, 0.2) is 34.7 Å². The van der Waals surface area contributed by atoms with Crippen LogP contribution in [0.2, 0.25) is 0 Å². The van der Waals surface area contributed by atoms with Crippen molar-refractivity contribution in [2.24, 2.45) is 0 Å². The maximum Gasteiger partial charge on any atom is 0.252 e. The van der Waals surface area contributed by atoms with Gasteiger partial charge in [0.2, 0.25) is 0 Å². The Bertz CT molecular complexity index is 583. The third kappa shape index (κ3) is 2.69. The molecule has 1 amide bonds. The van der Waals surface area contributed by atoms with E-state index in [9.17, 15) is 9.90 Å². The molecule has 2 N–H and O–H groups in total. The number of para-hydroxylation sites is 1. The Morgan fingerprint density at radius 1 is 1.35 bits per heavy atom. The minimum absolute atomic E-state index is 0.293. The molecule has 106 valence electrons. The van der Waals surface area contributed by atoms with E-state index in [4.69, 9.17) is 4.42 Å². The average molecular weight is 291 g/mol. The maximum atomic E-state index is 12.1. The van der Waals surface area contributed by atoms with Crippen molar-refractivity contribution in [3.8, 4) is 0 Å². The van der Waals surface area contributed by atoms with Crippen LogP contribution in [0.1, 0.15) is 18.6 Å². The molecule has 1 aromatic heterocycles. The molecular weight excluding hydrogens is 274 g/mol. The molecule has 0 atom stereocenters. The van der Waals surface area contributed by atoms with E-state index in [0.717, 1.165) is 22.5 Å². The van der Waals surface area contributed by atoms with Crippen molar-refractivity contribution < 1.29 is 14.3 Å². The Morgan fingerprint density at radius 3 is 2.85 bits per heavy atom. The van der Waals surface area contributed by atoms with Crippen LogP contribution >= 0.6 is 11.8 Å². The van der Waals surface area contributed by atoms with Crippen LogP contribution in [0.4, 0.5) is 0 Å². The Balaban J connectivity index is 1.65. The topological polar surface area (TPSA) is 62.5 Å². The summed E-state index contributed by atoms with van der Waals surface area (Å²) in [6.07, 6.45) is 1.03. The number of carbonyl (C=O) groups is 1. The number of hydrogen-bond donors (Lipinski definition) is 2. The summed E-state index contributed by atoms with van der Waals surface area (Å²) in [6, 6.07) is 9.64. The highest BCUT2D eigenvalue weighted by Gasteiger charge is 2.37. The normalized spacial score (nSPS) is 18.1. The van der Waals surface area contributed by atoms with Gasteiger partial charge in [-0.05, 0) is 36.5 Å². The molecule has 2 aromatic rings. The zero-order valence-electron chi connectivity index (χ0n) is 11.1. The SMILES string of the molecule is O=C(NCc1cc2ccccc2o1)C1(O)CCSCC1. The van der Waals surface area contributed by atoms with Crippen LogP contribution in [0.3, 0.4) is 0 Å². The van der Waals surface area contributed by atoms with Gasteiger partial charge in [-0.25, -0.2) is 0 Å². The first kappa shape index (κ1) is 13.5. The predicted octanol–water partition coefficient (Wildman–Crippen LogP) is 2.31. The van der Waals surface area contributed by atoms with E-state index in [1.54, 1.807) is 11.8 Å². The molecule has 1 saturated heterocycles. The second kappa shape index (κ2) is 5.50. The summed E-state index contributed by atoms with van der Waals surface area (Å²) in [5.74, 6) is 2.06. The summed E-state index contributed by atoms with van der Waals surface area (Å²) in [6.45, 7) is 0.308. The molecule has 0 spiro atoms. The molecule has 2 heterocycles. The number of aliphatic hydroxyl groups is 1. The summed E-state index contributed by atoms with van der Waals surface area (Å²) < 4.78 is 5.64. The first-order valence-electron chi connectivity index (χ1n) is 6.73. The van der Waals surface area contributed by atoms with E-state index in [-0.39, 0.29) is 5.91 Å². The third-order valence-corrected chi connectivity index (χ3v) is 4.63. The number of fused-ring (bicyclic) bond motifs is 1. The Kier molecular flexibility index (Phi) is 3.72. The number of benzene rings is 1. The largest absolute Gasteiger partial charge is 0.459 e. The summed E-state index contributed by atoms with van der Waals surface area (Å²) in [5, 5.41) is 14.1. The van der Waals surface area contributed by atoms with Crippen molar-refractivity contribution in [1.82, 2.24) is 5.32 Å². The summed E-state index contributed by atoms with van der Waals surface area (Å²) in [7, 11) is 0. The van der Waals surface area contributed by atoms with Crippen molar-refractivity contribution in [3.63, 3.8) is 0 Å². The number of furan rings is 1. The number of carbonyl (C=O) groups excluding carboxylic acids is 1. The number of rotatable bonds is 3. The molecule has 0 unspecified atom stereocenters. The molecule has 5 heteroatoms. The molecule has 0 radical (unpaired) electrons. The monoisotopic (exact) mass is 291 g/mol. The molecule has 20 heavy (non-hydrogen) atoms. The van der Waals surface area contributed by atoms with E-state index < -0.39 is 5.60 Å². The van der Waals surface area contributed by atoms with Crippen LogP contribution in [-0.4, -0.2) is 28.1 Å². The molecule has 1 aliphatic rings. The van der Waals surface area contributed by atoms with Crippen molar-refractivity contribution in [2.45, 2.75) is 25.0 Å². The van der Waals surface area contributed by atoms with Gasteiger partial charge in [0.15, 0.2) is 0 Å². The fourth-order valence-corrected chi connectivity index (χ4v) is 3.56. The Labute approximate surface area is 121 Å². The molecule has 0 aliphatic carbocycles. The smallest absolute Gasteiger partial charge is 0.252 e. The van der Waals surface area contributed by atoms with E-state index in [2.05, 4.69) is 5.32 Å². The number of thioether (sulfide) groups is 1. The summed E-state index contributed by atoms with van der Waals surface area (Å²) in [5.41, 5.74) is -0.401. The van der Waals surface area contributed by atoms with Gasteiger partial charge >= 0.3 is 0 Å². The molecule has 1 aromatic carbocycles. The van der Waals surface area contributed by atoms with E-state index >= 15 is 0 Å². The standard InChI is InChI=1S/C15H17NO3S/c17-14(15(18)5-7-20-8-6-15)16-10-12-9-11-3-1-2-4-13(11)19-12/h1-4,9,18H,5-8,10H2,(H,16,17). The highest BCUT2D eigenvalue weighted by molar-refractivity contribution is 7.99. The van der Waals surface area contributed by atoms with E-state index in [1.807, 2.05) is 30.3 Å². The lowest BCUT2D eigenvalue weighted by molar-refractivity contribution is -0.140. The molecule has 3 rings (SSSR count). The van der Waals surface area contributed by atoms with Gasteiger partial charge in [-0.3, -0.25) is 4.79 Å². The van der Waals surface area contributed by atoms with Gasteiger partial charge in [0.05, 0.1) is 6.54 Å². The molecule has 0 bridgehead atoms. The number of hydrogen-bond acceptors (Lipinski definition) is 4. The minimum atomic E-state index is -1.21. The average Bonchev–Trinajstić information content (AvgIpc) is 2.88. The van der Waals surface area contributed by atoms with Crippen LogP contribution in [0, 0.1) is 0 Å². The summed E-state index contributed by atoms with van der Waals surface area (Å²) in [4.78, 5) is 12.1. The van der Waals surface area contributed by atoms with Crippen molar-refractivity contribution >= 4 is 28.6 Å². The predicted molar refractivity (Wildman–Crippen MR) is 79.6 cm³/mol. The van der Waals surface area contributed by atoms with Gasteiger partial charge in [0.25, 0.3) is 5.91 Å². The maximum absolute atomic E-state index is 12.1. The third-order valence-electron chi connectivity index (χ3n) is 3.64. The fraction of sp³-hybridized carbons (Fsp3) is 0.400. The lowest BCUT2D eigenvalue weighted by Gasteiger charge is -2.30. The van der Waals surface area contributed by atoms with Gasteiger partial charge in [0, 0.05) is 5.39 Å². The highest BCUT2D eigenvalue weighted by Crippen LogP contribution is 2.27. The van der Waals surface area contributed by atoms with Crippen molar-refractivity contribution in [1.29, 1.82) is 0 Å². The minimum Gasteiger partial charge on any atom is -0.459 e. The molecule has 1 fully saturated rings. The van der Waals surface area contributed by atoms with Gasteiger partial charge in [-0.15, -0.1) is 0 Å². The van der Waals surface area contributed by atoms with Gasteiger partial charge < -0.3 is 14.8 Å². The van der Waals surface area contributed by atoms with Gasteiger partial charge in [0.1, 0.15) is 16.9 Å². The van der Waals surface area contributed by atoms with Crippen LogP contribution < -0.4 is 5.32 Å². The number of amides is 1. The fourth-order valence-electron chi connectivity index (χ4n) is 2.39. The first-order chi connectivity index (χ1) is 9.67.